The third-order valence-electron chi connectivity index (χ3n) is 6.66. The normalized spacial score (nSPS) is 14.4. The summed E-state index contributed by atoms with van der Waals surface area (Å²) in [7, 11) is 2.00. The number of carbonyl (C=O) groups excluding carboxylic acids is 2. The molecule has 1 aliphatic heterocycles. The van der Waals surface area contributed by atoms with E-state index in [9.17, 15) is 9.59 Å². The first-order valence-corrected chi connectivity index (χ1v) is 11.5. The Hall–Kier alpha value is -4.00. The number of hydrogen-bond donors (Lipinski definition) is 1. The molecule has 1 N–H and O–H groups in total. The van der Waals surface area contributed by atoms with Gasteiger partial charge in [0, 0.05) is 48.8 Å². The van der Waals surface area contributed by atoms with Crippen molar-refractivity contribution < 1.29 is 9.59 Å². The Morgan fingerprint density at radius 1 is 0.941 bits per heavy atom. The number of aromatic nitrogens is 3. The number of likely N-dealkylation sites (tertiary alicyclic amines) is 1. The molecular formula is C27H27N5O2. The zero-order valence-corrected chi connectivity index (χ0v) is 19.4. The van der Waals surface area contributed by atoms with Gasteiger partial charge in [0.2, 0.25) is 5.91 Å². The molecule has 0 saturated carbocycles. The fourth-order valence-electron chi connectivity index (χ4n) is 4.48. The number of anilines is 1. The van der Waals surface area contributed by atoms with Crippen LogP contribution < -0.4 is 5.32 Å². The number of piperidine rings is 1. The number of fused-ring (bicyclic) bond motifs is 1. The second-order valence-corrected chi connectivity index (χ2v) is 8.80. The number of nitrogens with zero attached hydrogens (tertiary/aromatic N) is 4. The first-order valence-electron chi connectivity index (χ1n) is 11.5. The van der Waals surface area contributed by atoms with Crippen LogP contribution in [0, 0.1) is 12.8 Å². The van der Waals surface area contributed by atoms with Crippen LogP contribution in [-0.4, -0.2) is 44.3 Å². The molecule has 1 saturated heterocycles. The highest BCUT2D eigenvalue weighted by atomic mass is 16.2. The third kappa shape index (κ3) is 4.29. The summed E-state index contributed by atoms with van der Waals surface area (Å²) in [6.45, 7) is 3.12. The number of carbonyl (C=O) groups is 2. The van der Waals surface area contributed by atoms with E-state index in [2.05, 4.69) is 32.0 Å². The predicted molar refractivity (Wildman–Crippen MR) is 132 cm³/mol. The molecule has 0 aliphatic carbocycles. The lowest BCUT2D eigenvalue weighted by atomic mass is 9.95. The third-order valence-corrected chi connectivity index (χ3v) is 6.66. The smallest absolute Gasteiger partial charge is 0.253 e. The summed E-state index contributed by atoms with van der Waals surface area (Å²) in [6.07, 6.45) is 4.93. The lowest BCUT2D eigenvalue weighted by molar-refractivity contribution is -0.121. The van der Waals surface area contributed by atoms with Crippen molar-refractivity contribution in [2.75, 3.05) is 18.4 Å². The van der Waals surface area contributed by atoms with Gasteiger partial charge in [-0.25, -0.2) is 9.97 Å². The summed E-state index contributed by atoms with van der Waals surface area (Å²) in [6, 6.07) is 17.4. The summed E-state index contributed by atoms with van der Waals surface area (Å²) in [5, 5.41) is 5.00. The number of rotatable bonds is 4. The number of imidazole rings is 1. The standard InChI is InChI=1S/C27H27N5O2/c1-18-28-17-24(31(18)2)21-8-9-22-16-29-25(15-23(22)14-21)30-26(33)19-10-12-32(13-11-19)27(34)20-6-4-3-5-7-20/h3-9,14-17,19H,10-13H2,1-2H3,(H,29,30,33). The number of pyridine rings is 1. The molecule has 0 radical (unpaired) electrons. The highest BCUT2D eigenvalue weighted by molar-refractivity contribution is 5.96. The highest BCUT2D eigenvalue weighted by Gasteiger charge is 2.28. The van der Waals surface area contributed by atoms with Gasteiger partial charge in [-0.3, -0.25) is 9.59 Å². The second kappa shape index (κ2) is 9.09. The van der Waals surface area contributed by atoms with Gasteiger partial charge in [-0.2, -0.15) is 0 Å². The summed E-state index contributed by atoms with van der Waals surface area (Å²) >= 11 is 0. The van der Waals surface area contributed by atoms with E-state index in [1.54, 1.807) is 6.20 Å². The number of hydrogen-bond acceptors (Lipinski definition) is 4. The number of benzene rings is 2. The SMILES string of the molecule is Cc1ncc(-c2ccc3cnc(NC(=O)C4CCN(C(=O)c5ccccc5)CC4)cc3c2)n1C. The van der Waals surface area contributed by atoms with E-state index >= 15 is 0 Å². The molecule has 0 atom stereocenters. The van der Waals surface area contributed by atoms with Crippen molar-refractivity contribution in [1.82, 2.24) is 19.4 Å². The molecule has 7 heteroatoms. The minimum atomic E-state index is -0.138. The van der Waals surface area contributed by atoms with Crippen LogP contribution >= 0.6 is 0 Å². The van der Waals surface area contributed by atoms with Crippen molar-refractivity contribution in [2.45, 2.75) is 19.8 Å². The molecule has 2 amide bonds. The zero-order valence-electron chi connectivity index (χ0n) is 19.4. The lowest BCUT2D eigenvalue weighted by Crippen LogP contribution is -2.41. The summed E-state index contributed by atoms with van der Waals surface area (Å²) in [5.74, 6) is 1.33. The Morgan fingerprint density at radius 3 is 2.41 bits per heavy atom. The average molecular weight is 454 g/mol. The second-order valence-electron chi connectivity index (χ2n) is 8.80. The van der Waals surface area contributed by atoms with Gasteiger partial charge in [0.15, 0.2) is 0 Å². The van der Waals surface area contributed by atoms with Crippen molar-refractivity contribution in [3.05, 3.63) is 78.4 Å². The van der Waals surface area contributed by atoms with E-state index in [4.69, 9.17) is 0 Å². The molecule has 172 valence electrons. The maximum absolute atomic E-state index is 12.9. The minimum absolute atomic E-state index is 0.0232. The van der Waals surface area contributed by atoms with Crippen LogP contribution in [0.5, 0.6) is 0 Å². The van der Waals surface area contributed by atoms with E-state index < -0.39 is 0 Å². The van der Waals surface area contributed by atoms with Crippen molar-refractivity contribution in [2.24, 2.45) is 13.0 Å². The van der Waals surface area contributed by atoms with Crippen molar-refractivity contribution in [3.8, 4) is 11.3 Å². The van der Waals surface area contributed by atoms with Gasteiger partial charge in [-0.05, 0) is 49.4 Å². The zero-order chi connectivity index (χ0) is 23.7. The number of aryl methyl sites for hydroxylation is 1. The molecule has 34 heavy (non-hydrogen) atoms. The molecule has 3 heterocycles. The molecule has 0 bridgehead atoms. The summed E-state index contributed by atoms with van der Waals surface area (Å²) in [4.78, 5) is 36.2. The van der Waals surface area contributed by atoms with E-state index in [-0.39, 0.29) is 17.7 Å². The molecule has 2 aromatic carbocycles. The van der Waals surface area contributed by atoms with Crippen molar-refractivity contribution in [1.29, 1.82) is 0 Å². The maximum Gasteiger partial charge on any atom is 0.253 e. The fourth-order valence-corrected chi connectivity index (χ4v) is 4.48. The summed E-state index contributed by atoms with van der Waals surface area (Å²) in [5.41, 5.74) is 2.79. The van der Waals surface area contributed by atoms with Crippen LogP contribution in [-0.2, 0) is 11.8 Å². The van der Waals surface area contributed by atoms with Gasteiger partial charge in [-0.1, -0.05) is 30.3 Å². The van der Waals surface area contributed by atoms with Crippen LogP contribution in [0.4, 0.5) is 5.82 Å². The van der Waals surface area contributed by atoms with Crippen LogP contribution in [0.15, 0.2) is 67.0 Å². The lowest BCUT2D eigenvalue weighted by Gasteiger charge is -2.31. The van der Waals surface area contributed by atoms with E-state index in [1.807, 2.05) is 67.5 Å². The molecular weight excluding hydrogens is 426 g/mol. The molecule has 4 aromatic rings. The first-order chi connectivity index (χ1) is 16.5. The average Bonchev–Trinajstić information content (AvgIpc) is 3.21. The fraction of sp³-hybridized carbons (Fsp3) is 0.259. The molecule has 7 nitrogen and oxygen atoms in total. The molecule has 0 unspecified atom stereocenters. The van der Waals surface area contributed by atoms with Crippen LogP contribution in [0.2, 0.25) is 0 Å². The van der Waals surface area contributed by atoms with Gasteiger partial charge in [0.05, 0.1) is 11.9 Å². The largest absolute Gasteiger partial charge is 0.339 e. The molecule has 1 fully saturated rings. The van der Waals surface area contributed by atoms with Gasteiger partial charge in [0.25, 0.3) is 5.91 Å². The first kappa shape index (κ1) is 21.8. The maximum atomic E-state index is 12.9. The minimum Gasteiger partial charge on any atom is -0.339 e. The van der Waals surface area contributed by atoms with Crippen LogP contribution in [0.25, 0.3) is 22.0 Å². The van der Waals surface area contributed by atoms with Gasteiger partial charge < -0.3 is 14.8 Å². The Labute approximate surface area is 198 Å². The molecule has 1 aliphatic rings. The number of amides is 2. The highest BCUT2D eigenvalue weighted by Crippen LogP contribution is 2.26. The van der Waals surface area contributed by atoms with E-state index in [1.165, 1.54) is 0 Å². The van der Waals surface area contributed by atoms with E-state index in [0.717, 1.165) is 27.9 Å². The van der Waals surface area contributed by atoms with Crippen molar-refractivity contribution in [3.63, 3.8) is 0 Å². The van der Waals surface area contributed by atoms with Crippen molar-refractivity contribution >= 4 is 28.4 Å². The van der Waals surface area contributed by atoms with Gasteiger partial charge in [0.1, 0.15) is 11.6 Å². The molecule has 0 spiro atoms. The summed E-state index contributed by atoms with van der Waals surface area (Å²) < 4.78 is 2.06. The van der Waals surface area contributed by atoms with Crippen LogP contribution in [0.1, 0.15) is 29.0 Å². The predicted octanol–water partition coefficient (Wildman–Crippen LogP) is 4.43. The monoisotopic (exact) mass is 453 g/mol. The molecule has 2 aromatic heterocycles. The molecule has 5 rings (SSSR count). The Morgan fingerprint density at radius 2 is 1.71 bits per heavy atom. The van der Waals surface area contributed by atoms with Gasteiger partial charge in [-0.15, -0.1) is 0 Å². The Bertz CT molecular complexity index is 1350. The Kier molecular flexibility index (Phi) is 5.84. The Balaban J connectivity index is 1.25. The van der Waals surface area contributed by atoms with Gasteiger partial charge >= 0.3 is 0 Å². The quantitative estimate of drug-likeness (QED) is 0.496. The number of nitrogens with one attached hydrogen (secondary N) is 1. The topological polar surface area (TPSA) is 80.1 Å². The van der Waals surface area contributed by atoms with Crippen LogP contribution in [0.3, 0.4) is 0 Å². The van der Waals surface area contributed by atoms with E-state index in [0.29, 0.717) is 37.3 Å².